The summed E-state index contributed by atoms with van der Waals surface area (Å²) in [5.74, 6) is 0. The molecule has 5 rings (SSSR count). The molecular weight excluding hydrogens is 510 g/mol. The third-order valence-corrected chi connectivity index (χ3v) is 12.5. The zero-order chi connectivity index (χ0) is 29.3. The SMILES string of the molecule is CC1(C)OB(C2=C(c3ccccc3)C(B3OC(C)(C)C(C)(C)O3)=C(c3ccccc3)[C@H]([Si](C)(C)C)C2)OC1(C)C. The molecule has 0 unspecified atom stereocenters. The highest BCUT2D eigenvalue weighted by atomic mass is 28.3. The third kappa shape index (κ3) is 5.02. The largest absolute Gasteiger partial charge is 0.495 e. The lowest BCUT2D eigenvalue weighted by molar-refractivity contribution is 0.00578. The van der Waals surface area contributed by atoms with Gasteiger partial charge in [0.05, 0.1) is 30.5 Å². The predicted octanol–water partition coefficient (Wildman–Crippen LogP) is 8.27. The number of hydrogen-bond donors (Lipinski definition) is 0. The minimum Gasteiger partial charge on any atom is -0.400 e. The summed E-state index contributed by atoms with van der Waals surface area (Å²) >= 11 is 0. The molecule has 212 valence electrons. The molecule has 0 amide bonds. The van der Waals surface area contributed by atoms with Gasteiger partial charge in [0.2, 0.25) is 0 Å². The van der Waals surface area contributed by atoms with E-state index in [9.17, 15) is 0 Å². The molecule has 0 bridgehead atoms. The molecule has 2 aliphatic heterocycles. The molecule has 2 aromatic carbocycles. The van der Waals surface area contributed by atoms with Crippen LogP contribution in [0, 0.1) is 0 Å². The van der Waals surface area contributed by atoms with Gasteiger partial charge in [0.15, 0.2) is 0 Å². The monoisotopic (exact) mass is 556 g/mol. The van der Waals surface area contributed by atoms with E-state index in [1.165, 1.54) is 16.6 Å². The minimum absolute atomic E-state index is 0.324. The van der Waals surface area contributed by atoms with E-state index in [0.29, 0.717) is 5.54 Å². The van der Waals surface area contributed by atoms with Crippen LogP contribution in [0.3, 0.4) is 0 Å². The van der Waals surface area contributed by atoms with Gasteiger partial charge in [0, 0.05) is 0 Å². The van der Waals surface area contributed by atoms with E-state index >= 15 is 0 Å². The van der Waals surface area contributed by atoms with Crippen molar-refractivity contribution in [2.75, 3.05) is 0 Å². The van der Waals surface area contributed by atoms with E-state index in [4.69, 9.17) is 18.6 Å². The topological polar surface area (TPSA) is 36.9 Å². The summed E-state index contributed by atoms with van der Waals surface area (Å²) in [5, 5.41) is 0. The zero-order valence-electron chi connectivity index (χ0n) is 26.3. The van der Waals surface area contributed by atoms with Gasteiger partial charge in [-0.1, -0.05) is 80.3 Å². The Bertz CT molecular complexity index is 1290. The molecule has 1 aliphatic carbocycles. The van der Waals surface area contributed by atoms with Crippen molar-refractivity contribution < 1.29 is 18.6 Å². The van der Waals surface area contributed by atoms with Crippen LogP contribution in [0.2, 0.25) is 25.2 Å². The predicted molar refractivity (Wildman–Crippen MR) is 171 cm³/mol. The van der Waals surface area contributed by atoms with E-state index in [2.05, 4.69) is 136 Å². The van der Waals surface area contributed by atoms with Crippen LogP contribution in [0.1, 0.15) is 72.9 Å². The number of hydrogen-bond acceptors (Lipinski definition) is 4. The van der Waals surface area contributed by atoms with Crippen molar-refractivity contribution in [1.29, 1.82) is 0 Å². The second-order valence-electron chi connectivity index (χ2n) is 14.8. The van der Waals surface area contributed by atoms with Gasteiger partial charge in [-0.05, 0) is 101 Å². The molecule has 0 saturated carbocycles. The maximum Gasteiger partial charge on any atom is 0.495 e. The average molecular weight is 556 g/mol. The van der Waals surface area contributed by atoms with Crippen LogP contribution in [0.25, 0.3) is 11.1 Å². The summed E-state index contributed by atoms with van der Waals surface area (Å²) in [4.78, 5) is 0. The van der Waals surface area contributed by atoms with Crippen molar-refractivity contribution in [3.05, 3.63) is 82.7 Å². The molecule has 2 heterocycles. The lowest BCUT2D eigenvalue weighted by atomic mass is 9.58. The first-order chi connectivity index (χ1) is 18.5. The fourth-order valence-corrected chi connectivity index (χ4v) is 8.00. The molecule has 0 radical (unpaired) electrons. The summed E-state index contributed by atoms with van der Waals surface area (Å²) in [6, 6.07) is 21.6. The van der Waals surface area contributed by atoms with E-state index in [1.54, 1.807) is 0 Å². The average Bonchev–Trinajstić information content (AvgIpc) is 3.22. The molecule has 2 saturated heterocycles. The first-order valence-corrected chi connectivity index (χ1v) is 18.3. The summed E-state index contributed by atoms with van der Waals surface area (Å²) in [7, 11) is -2.75. The van der Waals surface area contributed by atoms with Crippen molar-refractivity contribution >= 4 is 33.5 Å². The Morgan fingerprint density at radius 3 is 1.43 bits per heavy atom. The molecule has 4 nitrogen and oxygen atoms in total. The molecule has 0 N–H and O–H groups in total. The van der Waals surface area contributed by atoms with Crippen molar-refractivity contribution in [3.8, 4) is 0 Å². The Morgan fingerprint density at radius 1 is 0.600 bits per heavy atom. The fraction of sp³-hybridized carbons (Fsp3) is 0.515. The molecular formula is C33H46B2O4Si. The van der Waals surface area contributed by atoms with Gasteiger partial charge in [0.1, 0.15) is 0 Å². The van der Waals surface area contributed by atoms with Crippen LogP contribution in [-0.2, 0) is 18.6 Å². The second kappa shape index (κ2) is 9.84. The summed E-state index contributed by atoms with van der Waals surface area (Å²) in [6.45, 7) is 24.5. The van der Waals surface area contributed by atoms with Crippen LogP contribution >= 0.6 is 0 Å². The van der Waals surface area contributed by atoms with Gasteiger partial charge in [0.25, 0.3) is 0 Å². The summed E-state index contributed by atoms with van der Waals surface area (Å²) in [5.41, 5.74) is 5.70. The van der Waals surface area contributed by atoms with Crippen molar-refractivity contribution in [2.45, 2.75) is 109 Å². The van der Waals surface area contributed by atoms with E-state index in [-0.39, 0.29) is 0 Å². The second-order valence-corrected chi connectivity index (χ2v) is 20.2. The first kappa shape index (κ1) is 29.6. The molecule has 2 fully saturated rings. The number of allylic oxidation sites excluding steroid dienone is 4. The van der Waals surface area contributed by atoms with E-state index in [1.807, 2.05) is 0 Å². The van der Waals surface area contributed by atoms with Gasteiger partial charge in [-0.3, -0.25) is 0 Å². The normalized spacial score (nSPS) is 25.6. The van der Waals surface area contributed by atoms with Crippen LogP contribution in [0.15, 0.2) is 71.6 Å². The quantitative estimate of drug-likeness (QED) is 0.348. The van der Waals surface area contributed by atoms with Gasteiger partial charge < -0.3 is 18.6 Å². The third-order valence-electron chi connectivity index (χ3n) is 9.87. The Morgan fingerprint density at radius 2 is 1.00 bits per heavy atom. The molecule has 3 aliphatic rings. The maximum absolute atomic E-state index is 6.88. The molecule has 40 heavy (non-hydrogen) atoms. The lowest BCUT2D eigenvalue weighted by Crippen LogP contribution is -2.41. The smallest absolute Gasteiger partial charge is 0.400 e. The number of benzene rings is 2. The molecule has 0 aromatic heterocycles. The molecule has 1 atom stereocenters. The first-order valence-electron chi connectivity index (χ1n) is 14.7. The van der Waals surface area contributed by atoms with Crippen LogP contribution in [0.5, 0.6) is 0 Å². The molecule has 2 aromatic rings. The van der Waals surface area contributed by atoms with Crippen LogP contribution < -0.4 is 0 Å². The Kier molecular flexibility index (Phi) is 7.28. The Labute approximate surface area is 243 Å². The van der Waals surface area contributed by atoms with Gasteiger partial charge >= 0.3 is 14.2 Å². The number of rotatable bonds is 5. The van der Waals surface area contributed by atoms with Gasteiger partial charge in [-0.25, -0.2) is 0 Å². The highest BCUT2D eigenvalue weighted by molar-refractivity contribution is 6.80. The molecule has 0 spiro atoms. The Hall–Kier alpha value is -1.89. The van der Waals surface area contributed by atoms with E-state index in [0.717, 1.165) is 23.0 Å². The summed E-state index contributed by atoms with van der Waals surface area (Å²) < 4.78 is 27.3. The van der Waals surface area contributed by atoms with Gasteiger partial charge in [-0.2, -0.15) is 0 Å². The Balaban J connectivity index is 1.86. The van der Waals surface area contributed by atoms with Crippen LogP contribution in [-0.4, -0.2) is 44.7 Å². The van der Waals surface area contributed by atoms with Crippen molar-refractivity contribution in [2.24, 2.45) is 0 Å². The maximum atomic E-state index is 6.88. The van der Waals surface area contributed by atoms with Crippen LogP contribution in [0.4, 0.5) is 0 Å². The lowest BCUT2D eigenvalue weighted by Gasteiger charge is -2.40. The van der Waals surface area contributed by atoms with Crippen molar-refractivity contribution in [3.63, 3.8) is 0 Å². The fourth-order valence-electron chi connectivity index (χ4n) is 5.98. The standard InChI is InChI=1S/C33H46B2O4Si/c1-30(2)31(3,4)37-34(36-30)25-22-26(40(9,10)11)28(24-20-16-13-17-21-24)29(27(25)23-18-14-12-15-19-23)35-38-32(5,6)33(7,8)39-35/h12-21,26H,22H2,1-11H3/t26-/m1/s1. The summed E-state index contributed by atoms with van der Waals surface area (Å²) in [6.07, 6.45) is 0.879. The van der Waals surface area contributed by atoms with E-state index < -0.39 is 44.7 Å². The van der Waals surface area contributed by atoms with Gasteiger partial charge in [-0.15, -0.1) is 0 Å². The highest BCUT2D eigenvalue weighted by Gasteiger charge is 2.58. The van der Waals surface area contributed by atoms with Crippen molar-refractivity contribution in [1.82, 2.24) is 0 Å². The minimum atomic E-state index is -1.78. The molecule has 7 heteroatoms. The highest BCUT2D eigenvalue weighted by Crippen LogP contribution is 2.55. The zero-order valence-corrected chi connectivity index (χ0v) is 27.3.